The molecule has 1 atom stereocenters. The molecule has 0 fully saturated rings. The van der Waals surface area contributed by atoms with Gasteiger partial charge in [0.15, 0.2) is 0 Å². The molecule has 0 aliphatic carbocycles. The zero-order chi connectivity index (χ0) is 12.7. The number of phenolic OH excluding ortho intramolecular Hbond substituents is 1. The van der Waals surface area contributed by atoms with Crippen molar-refractivity contribution in [1.29, 1.82) is 0 Å². The SMILES string of the molecule is O=C(O)C1=CNC(c2nc3ccc(O)cc3s2)S1. The second-order valence-corrected chi connectivity index (χ2v) is 5.89. The van der Waals surface area contributed by atoms with Gasteiger partial charge in [-0.1, -0.05) is 11.8 Å². The van der Waals surface area contributed by atoms with Gasteiger partial charge in [-0.25, -0.2) is 9.78 Å². The van der Waals surface area contributed by atoms with E-state index in [1.807, 2.05) is 0 Å². The third-order valence-corrected chi connectivity index (χ3v) is 4.81. The highest BCUT2D eigenvalue weighted by molar-refractivity contribution is 8.04. The lowest BCUT2D eigenvalue weighted by Gasteiger charge is -2.04. The van der Waals surface area contributed by atoms with Crippen molar-refractivity contribution in [3.05, 3.63) is 34.3 Å². The monoisotopic (exact) mass is 280 g/mol. The van der Waals surface area contributed by atoms with E-state index < -0.39 is 5.97 Å². The highest BCUT2D eigenvalue weighted by Crippen LogP contribution is 2.40. The van der Waals surface area contributed by atoms with Gasteiger partial charge in [0.25, 0.3) is 0 Å². The molecule has 18 heavy (non-hydrogen) atoms. The van der Waals surface area contributed by atoms with Crippen molar-refractivity contribution < 1.29 is 15.0 Å². The molecular weight excluding hydrogens is 272 g/mol. The Bertz CT molecular complexity index is 665. The maximum atomic E-state index is 10.8. The summed E-state index contributed by atoms with van der Waals surface area (Å²) in [4.78, 5) is 15.5. The van der Waals surface area contributed by atoms with Crippen LogP contribution in [0, 0.1) is 0 Å². The molecular formula is C11H8N2O3S2. The van der Waals surface area contributed by atoms with Crippen LogP contribution in [0.15, 0.2) is 29.3 Å². The molecule has 0 saturated carbocycles. The van der Waals surface area contributed by atoms with Crippen molar-refractivity contribution in [2.24, 2.45) is 0 Å². The van der Waals surface area contributed by atoms with E-state index in [2.05, 4.69) is 10.3 Å². The van der Waals surface area contributed by atoms with Crippen molar-refractivity contribution in [3.8, 4) is 5.75 Å². The summed E-state index contributed by atoms with van der Waals surface area (Å²) < 4.78 is 0.885. The molecule has 0 saturated heterocycles. The number of benzene rings is 1. The quantitative estimate of drug-likeness (QED) is 0.782. The first kappa shape index (κ1) is 11.4. The molecule has 2 heterocycles. The predicted octanol–water partition coefficient (Wildman–Crippen LogP) is 2.26. The molecule has 1 aromatic heterocycles. The van der Waals surface area contributed by atoms with Crippen LogP contribution in [0.5, 0.6) is 5.75 Å². The Morgan fingerprint density at radius 3 is 3.00 bits per heavy atom. The van der Waals surface area contributed by atoms with Crippen LogP contribution in [-0.4, -0.2) is 21.2 Å². The van der Waals surface area contributed by atoms with E-state index in [1.165, 1.54) is 29.3 Å². The number of phenols is 1. The van der Waals surface area contributed by atoms with Gasteiger partial charge in [-0.3, -0.25) is 0 Å². The minimum absolute atomic E-state index is 0.171. The molecule has 2 aromatic rings. The minimum Gasteiger partial charge on any atom is -0.508 e. The fourth-order valence-corrected chi connectivity index (χ4v) is 3.63. The van der Waals surface area contributed by atoms with Gasteiger partial charge in [0.2, 0.25) is 0 Å². The Balaban J connectivity index is 1.90. The van der Waals surface area contributed by atoms with E-state index in [0.29, 0.717) is 0 Å². The van der Waals surface area contributed by atoms with E-state index in [0.717, 1.165) is 15.2 Å². The van der Waals surface area contributed by atoms with Crippen molar-refractivity contribution in [3.63, 3.8) is 0 Å². The number of carbonyl (C=O) groups is 1. The highest BCUT2D eigenvalue weighted by Gasteiger charge is 2.25. The van der Waals surface area contributed by atoms with Gasteiger partial charge in [-0.2, -0.15) is 0 Å². The van der Waals surface area contributed by atoms with Crippen LogP contribution in [-0.2, 0) is 4.79 Å². The summed E-state index contributed by atoms with van der Waals surface area (Å²) in [6, 6.07) is 4.99. The average molecular weight is 280 g/mol. The Hall–Kier alpha value is -1.73. The number of nitrogens with one attached hydrogen (secondary N) is 1. The van der Waals surface area contributed by atoms with Gasteiger partial charge in [-0.05, 0) is 18.2 Å². The van der Waals surface area contributed by atoms with Crippen molar-refractivity contribution in [2.45, 2.75) is 5.37 Å². The Morgan fingerprint density at radius 2 is 2.28 bits per heavy atom. The fraction of sp³-hybridized carbons (Fsp3) is 0.0909. The molecule has 3 rings (SSSR count). The van der Waals surface area contributed by atoms with Crippen LogP contribution >= 0.6 is 23.1 Å². The fourth-order valence-electron chi connectivity index (χ4n) is 1.62. The number of aliphatic carboxylic acids is 1. The Kier molecular flexibility index (Phi) is 2.64. The molecule has 7 heteroatoms. The first-order valence-electron chi connectivity index (χ1n) is 5.09. The summed E-state index contributed by atoms with van der Waals surface area (Å²) in [5.74, 6) is -0.733. The molecule has 1 aliphatic rings. The Morgan fingerprint density at radius 1 is 1.44 bits per heavy atom. The number of rotatable bonds is 2. The zero-order valence-corrected chi connectivity index (χ0v) is 10.6. The van der Waals surface area contributed by atoms with Gasteiger partial charge in [-0.15, -0.1) is 11.3 Å². The first-order chi connectivity index (χ1) is 8.63. The standard InChI is InChI=1S/C11H8N2O3S2/c14-5-1-2-6-7(3-5)17-10(13-6)9-12-4-8(18-9)11(15)16/h1-4,9,12,14H,(H,15,16). The normalized spacial score (nSPS) is 18.7. The number of carboxylic acids is 1. The third kappa shape index (κ3) is 1.91. The molecule has 0 radical (unpaired) electrons. The van der Waals surface area contributed by atoms with E-state index in [4.69, 9.17) is 5.11 Å². The van der Waals surface area contributed by atoms with Crippen LogP contribution in [0.4, 0.5) is 0 Å². The molecule has 5 nitrogen and oxygen atoms in total. The van der Waals surface area contributed by atoms with E-state index in [9.17, 15) is 9.90 Å². The summed E-state index contributed by atoms with van der Waals surface area (Å²) in [6.07, 6.45) is 1.49. The van der Waals surface area contributed by atoms with Gasteiger partial charge in [0.1, 0.15) is 21.0 Å². The van der Waals surface area contributed by atoms with E-state index >= 15 is 0 Å². The smallest absolute Gasteiger partial charge is 0.343 e. The summed E-state index contributed by atoms with van der Waals surface area (Å²) >= 11 is 2.67. The number of hydrogen-bond donors (Lipinski definition) is 3. The number of aromatic hydroxyl groups is 1. The number of aromatic nitrogens is 1. The molecule has 0 amide bonds. The van der Waals surface area contributed by atoms with Crippen LogP contribution < -0.4 is 5.32 Å². The topological polar surface area (TPSA) is 82.5 Å². The van der Waals surface area contributed by atoms with Crippen LogP contribution in [0.3, 0.4) is 0 Å². The number of carboxylic acid groups (broad SMARTS) is 1. The Labute approximate surface area is 110 Å². The number of nitrogens with zero attached hydrogens (tertiary/aromatic N) is 1. The molecule has 1 aromatic carbocycles. The van der Waals surface area contributed by atoms with Crippen LogP contribution in [0.2, 0.25) is 0 Å². The molecule has 0 bridgehead atoms. The summed E-state index contributed by atoms with van der Waals surface area (Å²) in [7, 11) is 0. The van der Waals surface area contributed by atoms with E-state index in [1.54, 1.807) is 18.2 Å². The lowest BCUT2D eigenvalue weighted by molar-refractivity contribution is -0.131. The van der Waals surface area contributed by atoms with Crippen molar-refractivity contribution >= 4 is 39.3 Å². The largest absolute Gasteiger partial charge is 0.508 e. The van der Waals surface area contributed by atoms with E-state index in [-0.39, 0.29) is 16.0 Å². The number of hydrogen-bond acceptors (Lipinski definition) is 6. The molecule has 92 valence electrons. The maximum absolute atomic E-state index is 10.8. The average Bonchev–Trinajstić information content (AvgIpc) is 2.93. The van der Waals surface area contributed by atoms with Gasteiger partial charge in [0, 0.05) is 6.20 Å². The summed E-state index contributed by atoms with van der Waals surface area (Å²) in [6.45, 7) is 0. The number of fused-ring (bicyclic) bond motifs is 1. The number of thioether (sulfide) groups is 1. The second-order valence-electron chi connectivity index (χ2n) is 3.68. The number of thiazole rings is 1. The van der Waals surface area contributed by atoms with Gasteiger partial charge < -0.3 is 15.5 Å². The molecule has 1 unspecified atom stereocenters. The second kappa shape index (κ2) is 4.18. The van der Waals surface area contributed by atoms with Crippen LogP contribution in [0.25, 0.3) is 10.2 Å². The zero-order valence-electron chi connectivity index (χ0n) is 8.95. The molecule has 0 spiro atoms. The predicted molar refractivity (Wildman–Crippen MR) is 70.5 cm³/mol. The van der Waals surface area contributed by atoms with Crippen molar-refractivity contribution in [2.75, 3.05) is 0 Å². The van der Waals surface area contributed by atoms with Crippen LogP contribution in [0.1, 0.15) is 10.4 Å². The van der Waals surface area contributed by atoms with Gasteiger partial charge >= 0.3 is 5.97 Å². The lowest BCUT2D eigenvalue weighted by atomic mass is 10.3. The van der Waals surface area contributed by atoms with Crippen molar-refractivity contribution in [1.82, 2.24) is 10.3 Å². The highest BCUT2D eigenvalue weighted by atomic mass is 32.2. The molecule has 1 aliphatic heterocycles. The lowest BCUT2D eigenvalue weighted by Crippen LogP contribution is -2.05. The maximum Gasteiger partial charge on any atom is 0.343 e. The first-order valence-corrected chi connectivity index (χ1v) is 6.79. The summed E-state index contributed by atoms with van der Waals surface area (Å²) in [5, 5.41) is 21.9. The summed E-state index contributed by atoms with van der Waals surface area (Å²) in [5.41, 5.74) is 0.805. The molecule has 3 N–H and O–H groups in total. The minimum atomic E-state index is -0.936. The van der Waals surface area contributed by atoms with Gasteiger partial charge in [0.05, 0.1) is 10.2 Å². The third-order valence-electron chi connectivity index (χ3n) is 2.43.